The third-order valence-corrected chi connectivity index (χ3v) is 3.46. The number of ether oxygens (including phenoxy) is 1. The Kier molecular flexibility index (Phi) is 3.71. The lowest BCUT2D eigenvalue weighted by atomic mass is 9.79. The van der Waals surface area contributed by atoms with Crippen molar-refractivity contribution in [3.8, 4) is 0 Å². The number of benzene rings is 1. The highest BCUT2D eigenvalue weighted by Gasteiger charge is 2.64. The highest BCUT2D eigenvalue weighted by molar-refractivity contribution is 6.48. The SMILES string of the molecule is CC(=O)C1(C(=O)OC(C)(C)C)C(=O)c2cc(F)c(F)cc2C1=O. The molecule has 7 heteroatoms. The first-order valence-corrected chi connectivity index (χ1v) is 6.76. The highest BCUT2D eigenvalue weighted by Crippen LogP contribution is 2.40. The fourth-order valence-electron chi connectivity index (χ4n) is 2.43. The van der Waals surface area contributed by atoms with E-state index in [1.807, 2.05) is 0 Å². The third kappa shape index (κ3) is 2.36. The number of rotatable bonds is 2. The molecule has 1 aliphatic rings. The maximum absolute atomic E-state index is 13.4. The predicted molar refractivity (Wildman–Crippen MR) is 74.0 cm³/mol. The first kappa shape index (κ1) is 16.9. The zero-order valence-electron chi connectivity index (χ0n) is 13.0. The minimum atomic E-state index is -2.74. The summed E-state index contributed by atoms with van der Waals surface area (Å²) >= 11 is 0. The van der Waals surface area contributed by atoms with E-state index in [0.29, 0.717) is 12.1 Å². The lowest BCUT2D eigenvalue weighted by Gasteiger charge is -2.27. The van der Waals surface area contributed by atoms with Gasteiger partial charge in [-0.2, -0.15) is 0 Å². The van der Waals surface area contributed by atoms with E-state index in [2.05, 4.69) is 0 Å². The lowest BCUT2D eigenvalue weighted by Crippen LogP contribution is -2.50. The molecule has 0 aliphatic heterocycles. The topological polar surface area (TPSA) is 77.5 Å². The summed E-state index contributed by atoms with van der Waals surface area (Å²) in [6, 6.07) is 1.03. The number of Topliss-reactive ketones (excluding diaryl/α,β-unsaturated/α-hetero) is 3. The molecular formula is C16H14F2O5. The van der Waals surface area contributed by atoms with Crippen LogP contribution in [0.3, 0.4) is 0 Å². The molecule has 0 radical (unpaired) electrons. The third-order valence-electron chi connectivity index (χ3n) is 3.46. The van der Waals surface area contributed by atoms with Crippen molar-refractivity contribution >= 4 is 23.3 Å². The number of halogens is 2. The van der Waals surface area contributed by atoms with Crippen LogP contribution in [0.1, 0.15) is 48.4 Å². The van der Waals surface area contributed by atoms with Crippen molar-refractivity contribution < 1.29 is 32.7 Å². The van der Waals surface area contributed by atoms with E-state index in [1.165, 1.54) is 20.8 Å². The molecule has 0 heterocycles. The fraction of sp³-hybridized carbons (Fsp3) is 0.375. The highest BCUT2D eigenvalue weighted by atomic mass is 19.2. The summed E-state index contributed by atoms with van der Waals surface area (Å²) < 4.78 is 31.7. The maximum Gasteiger partial charge on any atom is 0.336 e. The van der Waals surface area contributed by atoms with Gasteiger partial charge in [0.2, 0.25) is 0 Å². The summed E-state index contributed by atoms with van der Waals surface area (Å²) in [6.07, 6.45) is 0. The van der Waals surface area contributed by atoms with Crippen LogP contribution in [-0.2, 0) is 14.3 Å². The zero-order chi connectivity index (χ0) is 17.7. The Morgan fingerprint density at radius 1 is 1.00 bits per heavy atom. The lowest BCUT2D eigenvalue weighted by molar-refractivity contribution is -0.163. The Hall–Kier alpha value is -2.44. The second kappa shape index (κ2) is 5.04. The number of hydrogen-bond donors (Lipinski definition) is 0. The number of ketones is 3. The standard InChI is InChI=1S/C16H14F2O5/c1-7(19)16(14(22)23-15(2,3)4)12(20)8-5-10(17)11(18)6-9(8)13(16)21/h5-6H,1-4H3. The smallest absolute Gasteiger partial charge is 0.336 e. The van der Waals surface area contributed by atoms with Gasteiger partial charge in [-0.05, 0) is 39.8 Å². The van der Waals surface area contributed by atoms with E-state index in [4.69, 9.17) is 4.74 Å². The molecule has 2 rings (SSSR count). The molecule has 0 aromatic heterocycles. The van der Waals surface area contributed by atoms with Gasteiger partial charge < -0.3 is 4.74 Å². The van der Waals surface area contributed by atoms with Gasteiger partial charge in [-0.15, -0.1) is 0 Å². The Balaban J connectivity index is 2.68. The summed E-state index contributed by atoms with van der Waals surface area (Å²) in [6.45, 7) is 5.37. The van der Waals surface area contributed by atoms with Gasteiger partial charge in [-0.25, -0.2) is 13.6 Å². The normalized spacial score (nSPS) is 16.3. The van der Waals surface area contributed by atoms with Crippen molar-refractivity contribution in [1.29, 1.82) is 0 Å². The molecule has 0 saturated heterocycles. The van der Waals surface area contributed by atoms with Crippen molar-refractivity contribution in [3.05, 3.63) is 34.9 Å². The molecule has 1 aromatic carbocycles. The van der Waals surface area contributed by atoms with Crippen LogP contribution in [0.2, 0.25) is 0 Å². The average molecular weight is 324 g/mol. The van der Waals surface area contributed by atoms with Crippen LogP contribution in [0, 0.1) is 17.0 Å². The molecule has 122 valence electrons. The van der Waals surface area contributed by atoms with Crippen molar-refractivity contribution in [3.63, 3.8) is 0 Å². The van der Waals surface area contributed by atoms with Crippen LogP contribution >= 0.6 is 0 Å². The van der Waals surface area contributed by atoms with E-state index in [9.17, 15) is 28.0 Å². The monoisotopic (exact) mass is 324 g/mol. The molecule has 0 spiro atoms. The van der Waals surface area contributed by atoms with E-state index < -0.39 is 57.1 Å². The van der Waals surface area contributed by atoms with Crippen molar-refractivity contribution in [2.24, 2.45) is 5.41 Å². The molecule has 0 bridgehead atoms. The maximum atomic E-state index is 13.4. The first-order chi connectivity index (χ1) is 10.4. The van der Waals surface area contributed by atoms with Crippen LogP contribution in [0.4, 0.5) is 8.78 Å². The number of carbonyl (C=O) groups excluding carboxylic acids is 4. The van der Waals surface area contributed by atoms with Gasteiger partial charge in [0.1, 0.15) is 5.60 Å². The Morgan fingerprint density at radius 2 is 1.39 bits per heavy atom. The van der Waals surface area contributed by atoms with Gasteiger partial charge in [0.25, 0.3) is 5.41 Å². The number of carbonyl (C=O) groups is 4. The first-order valence-electron chi connectivity index (χ1n) is 6.76. The van der Waals surface area contributed by atoms with Crippen LogP contribution < -0.4 is 0 Å². The molecular weight excluding hydrogens is 310 g/mol. The fourth-order valence-corrected chi connectivity index (χ4v) is 2.43. The van der Waals surface area contributed by atoms with Crippen LogP contribution in [0.5, 0.6) is 0 Å². The second-order valence-corrected chi connectivity index (χ2v) is 6.28. The Bertz CT molecular complexity index is 717. The minimum absolute atomic E-state index is 0.505. The molecule has 0 saturated carbocycles. The summed E-state index contributed by atoms with van der Waals surface area (Å²) in [4.78, 5) is 49.5. The van der Waals surface area contributed by atoms with Gasteiger partial charge in [0.15, 0.2) is 29.0 Å². The molecule has 0 N–H and O–H groups in total. The van der Waals surface area contributed by atoms with Crippen LogP contribution in [0.25, 0.3) is 0 Å². The van der Waals surface area contributed by atoms with Gasteiger partial charge in [0, 0.05) is 11.1 Å². The molecule has 0 unspecified atom stereocenters. The van der Waals surface area contributed by atoms with Gasteiger partial charge in [-0.1, -0.05) is 0 Å². The van der Waals surface area contributed by atoms with Gasteiger partial charge >= 0.3 is 5.97 Å². The van der Waals surface area contributed by atoms with E-state index in [1.54, 1.807) is 0 Å². The van der Waals surface area contributed by atoms with Gasteiger partial charge in [-0.3, -0.25) is 14.4 Å². The second-order valence-electron chi connectivity index (χ2n) is 6.28. The summed E-state index contributed by atoms with van der Waals surface area (Å²) in [7, 11) is 0. The van der Waals surface area contributed by atoms with E-state index in [0.717, 1.165) is 6.92 Å². The molecule has 0 atom stereocenters. The molecule has 0 fully saturated rings. The largest absolute Gasteiger partial charge is 0.459 e. The van der Waals surface area contributed by atoms with Crippen molar-refractivity contribution in [2.75, 3.05) is 0 Å². The quantitative estimate of drug-likeness (QED) is 0.616. The van der Waals surface area contributed by atoms with Crippen molar-refractivity contribution in [2.45, 2.75) is 33.3 Å². The van der Waals surface area contributed by atoms with E-state index in [-0.39, 0.29) is 0 Å². The summed E-state index contributed by atoms with van der Waals surface area (Å²) in [5.74, 6) is -7.50. The van der Waals surface area contributed by atoms with Crippen LogP contribution in [-0.4, -0.2) is 28.9 Å². The zero-order valence-corrected chi connectivity index (χ0v) is 13.0. The number of esters is 1. The molecule has 0 amide bonds. The number of fused-ring (bicyclic) bond motifs is 1. The molecule has 5 nitrogen and oxygen atoms in total. The Labute approximate surface area is 130 Å². The summed E-state index contributed by atoms with van der Waals surface area (Å²) in [5, 5.41) is 0. The molecule has 1 aromatic rings. The van der Waals surface area contributed by atoms with E-state index >= 15 is 0 Å². The average Bonchev–Trinajstić information content (AvgIpc) is 2.58. The number of hydrogen-bond acceptors (Lipinski definition) is 5. The predicted octanol–water partition coefficient (Wildman–Crippen LogP) is 2.26. The molecule has 23 heavy (non-hydrogen) atoms. The Morgan fingerprint density at radius 3 is 1.70 bits per heavy atom. The van der Waals surface area contributed by atoms with Crippen molar-refractivity contribution in [1.82, 2.24) is 0 Å². The van der Waals surface area contributed by atoms with Crippen LogP contribution in [0.15, 0.2) is 12.1 Å². The van der Waals surface area contributed by atoms with Gasteiger partial charge in [0.05, 0.1) is 0 Å². The minimum Gasteiger partial charge on any atom is -0.459 e. The summed E-state index contributed by atoms with van der Waals surface area (Å²) in [5.41, 5.74) is -4.81. The molecule has 1 aliphatic carbocycles.